The van der Waals surface area contributed by atoms with Gasteiger partial charge in [0, 0.05) is 24.3 Å². The van der Waals surface area contributed by atoms with E-state index in [2.05, 4.69) is 6.07 Å². The molecule has 1 aliphatic rings. The fraction of sp³-hybridized carbons (Fsp3) is 0.300. The molecular formula is C20H22N2O2. The molecule has 124 valence electrons. The monoisotopic (exact) mass is 322 g/mol. The van der Waals surface area contributed by atoms with Crippen LogP contribution in [0.15, 0.2) is 48.5 Å². The molecule has 1 aliphatic heterocycles. The van der Waals surface area contributed by atoms with Crippen molar-refractivity contribution in [1.82, 2.24) is 4.90 Å². The maximum atomic E-state index is 12.8. The Morgan fingerprint density at radius 3 is 2.25 bits per heavy atom. The lowest BCUT2D eigenvalue weighted by atomic mass is 10.1. The summed E-state index contributed by atoms with van der Waals surface area (Å²) in [4.78, 5) is 28.9. The van der Waals surface area contributed by atoms with Crippen LogP contribution in [-0.2, 0) is 4.79 Å². The average molecular weight is 322 g/mol. The van der Waals surface area contributed by atoms with Gasteiger partial charge in [-0.15, -0.1) is 0 Å². The van der Waals surface area contributed by atoms with Gasteiger partial charge >= 0.3 is 0 Å². The number of hydrogen-bond acceptors (Lipinski definition) is 2. The maximum absolute atomic E-state index is 12.8. The topological polar surface area (TPSA) is 40.6 Å². The van der Waals surface area contributed by atoms with Gasteiger partial charge in [0.1, 0.15) is 6.04 Å². The first-order valence-electron chi connectivity index (χ1n) is 8.23. The molecule has 1 fully saturated rings. The number of anilines is 1. The number of aryl methyl sites for hydroxylation is 2. The molecule has 2 aromatic carbocycles. The average Bonchev–Trinajstić information content (AvgIpc) is 2.56. The fourth-order valence-corrected chi connectivity index (χ4v) is 3.26. The summed E-state index contributed by atoms with van der Waals surface area (Å²) in [6.07, 6.45) is 0. The molecule has 0 radical (unpaired) electrons. The third kappa shape index (κ3) is 3.04. The molecule has 0 saturated carbocycles. The van der Waals surface area contributed by atoms with Gasteiger partial charge in [-0.2, -0.15) is 0 Å². The molecular weight excluding hydrogens is 300 g/mol. The molecule has 4 nitrogen and oxygen atoms in total. The summed E-state index contributed by atoms with van der Waals surface area (Å²) >= 11 is 0. The van der Waals surface area contributed by atoms with Gasteiger partial charge in [0.25, 0.3) is 5.91 Å². The number of carbonyl (C=O) groups is 2. The molecule has 0 aliphatic carbocycles. The lowest BCUT2D eigenvalue weighted by molar-refractivity contribution is -0.124. The highest BCUT2D eigenvalue weighted by Crippen LogP contribution is 2.24. The molecule has 2 amide bonds. The molecule has 1 saturated heterocycles. The number of nitrogens with zero attached hydrogens (tertiary/aromatic N) is 2. The normalized spacial score (nSPS) is 18.0. The first-order valence-corrected chi connectivity index (χ1v) is 8.23. The highest BCUT2D eigenvalue weighted by atomic mass is 16.2. The SMILES string of the molecule is Cc1cc(C)cc(N2CCN(C(=O)c3ccccc3)C(C)C2=O)c1. The second-order valence-electron chi connectivity index (χ2n) is 6.38. The van der Waals surface area contributed by atoms with Gasteiger partial charge in [0.2, 0.25) is 5.91 Å². The van der Waals surface area contributed by atoms with Crippen molar-refractivity contribution in [3.05, 3.63) is 65.2 Å². The van der Waals surface area contributed by atoms with E-state index >= 15 is 0 Å². The van der Waals surface area contributed by atoms with Crippen LogP contribution >= 0.6 is 0 Å². The van der Waals surface area contributed by atoms with Crippen molar-refractivity contribution in [1.29, 1.82) is 0 Å². The lowest BCUT2D eigenvalue weighted by Crippen LogP contribution is -2.57. The Kier molecular flexibility index (Phi) is 4.38. The zero-order valence-corrected chi connectivity index (χ0v) is 14.3. The molecule has 4 heteroatoms. The van der Waals surface area contributed by atoms with Gasteiger partial charge in [0.15, 0.2) is 0 Å². The Morgan fingerprint density at radius 1 is 1.00 bits per heavy atom. The van der Waals surface area contributed by atoms with Crippen LogP contribution in [0.3, 0.4) is 0 Å². The van der Waals surface area contributed by atoms with Crippen LogP contribution in [0.4, 0.5) is 5.69 Å². The quantitative estimate of drug-likeness (QED) is 0.852. The summed E-state index contributed by atoms with van der Waals surface area (Å²) in [7, 11) is 0. The molecule has 1 heterocycles. The van der Waals surface area contributed by atoms with Gasteiger partial charge in [0.05, 0.1) is 0 Å². The van der Waals surface area contributed by atoms with Gasteiger partial charge in [-0.3, -0.25) is 9.59 Å². The predicted molar refractivity (Wildman–Crippen MR) is 95.2 cm³/mol. The van der Waals surface area contributed by atoms with E-state index in [1.165, 1.54) is 0 Å². The summed E-state index contributed by atoms with van der Waals surface area (Å²) in [6, 6.07) is 14.8. The standard InChI is InChI=1S/C20H22N2O2/c1-14-11-15(2)13-18(12-14)22-10-9-21(16(3)19(22)23)20(24)17-7-5-4-6-8-17/h4-8,11-13,16H,9-10H2,1-3H3. The predicted octanol–water partition coefficient (Wildman–Crippen LogP) is 3.18. The second kappa shape index (κ2) is 6.48. The van der Waals surface area contributed by atoms with Crippen LogP contribution in [0.1, 0.15) is 28.4 Å². The zero-order chi connectivity index (χ0) is 17.3. The van der Waals surface area contributed by atoms with E-state index in [-0.39, 0.29) is 11.8 Å². The largest absolute Gasteiger partial charge is 0.325 e. The van der Waals surface area contributed by atoms with Gasteiger partial charge in [-0.1, -0.05) is 24.3 Å². The highest BCUT2D eigenvalue weighted by molar-refractivity contribution is 6.03. The summed E-state index contributed by atoms with van der Waals surface area (Å²) in [5, 5.41) is 0. The molecule has 24 heavy (non-hydrogen) atoms. The summed E-state index contributed by atoms with van der Waals surface area (Å²) in [5.41, 5.74) is 3.80. The van der Waals surface area contributed by atoms with E-state index in [1.54, 1.807) is 28.9 Å². The fourth-order valence-electron chi connectivity index (χ4n) is 3.26. The van der Waals surface area contributed by atoms with Crippen molar-refractivity contribution in [3.8, 4) is 0 Å². The summed E-state index contributed by atoms with van der Waals surface area (Å²) < 4.78 is 0. The van der Waals surface area contributed by atoms with Crippen LogP contribution in [0.5, 0.6) is 0 Å². The molecule has 0 aromatic heterocycles. The van der Waals surface area contributed by atoms with Crippen molar-refractivity contribution >= 4 is 17.5 Å². The third-order valence-electron chi connectivity index (χ3n) is 4.46. The Bertz CT molecular complexity index is 750. The van der Waals surface area contributed by atoms with Crippen LogP contribution in [0.2, 0.25) is 0 Å². The Hall–Kier alpha value is -2.62. The van der Waals surface area contributed by atoms with E-state index in [9.17, 15) is 9.59 Å². The molecule has 0 N–H and O–H groups in total. The van der Waals surface area contributed by atoms with E-state index in [0.717, 1.165) is 16.8 Å². The molecule has 2 aromatic rings. The van der Waals surface area contributed by atoms with E-state index in [4.69, 9.17) is 0 Å². The Balaban J connectivity index is 1.82. The number of rotatable bonds is 2. The van der Waals surface area contributed by atoms with Gasteiger partial charge in [-0.25, -0.2) is 0 Å². The number of hydrogen-bond donors (Lipinski definition) is 0. The van der Waals surface area contributed by atoms with E-state index in [1.807, 2.05) is 44.2 Å². The number of carbonyl (C=O) groups excluding carboxylic acids is 2. The minimum absolute atomic E-state index is 0.0319. The highest BCUT2D eigenvalue weighted by Gasteiger charge is 2.35. The van der Waals surface area contributed by atoms with Gasteiger partial charge < -0.3 is 9.80 Å². The van der Waals surface area contributed by atoms with Crippen molar-refractivity contribution in [3.63, 3.8) is 0 Å². The van der Waals surface area contributed by atoms with Gasteiger partial charge in [-0.05, 0) is 56.2 Å². The number of amides is 2. The molecule has 1 unspecified atom stereocenters. The van der Waals surface area contributed by atoms with Crippen molar-refractivity contribution < 1.29 is 9.59 Å². The smallest absolute Gasteiger partial charge is 0.254 e. The maximum Gasteiger partial charge on any atom is 0.254 e. The number of benzene rings is 2. The minimum Gasteiger partial charge on any atom is -0.325 e. The Labute approximate surface area is 142 Å². The molecule has 0 spiro atoms. The third-order valence-corrected chi connectivity index (χ3v) is 4.46. The summed E-state index contributed by atoms with van der Waals surface area (Å²) in [5.74, 6) is -0.118. The van der Waals surface area contributed by atoms with Crippen molar-refractivity contribution in [2.45, 2.75) is 26.8 Å². The lowest BCUT2D eigenvalue weighted by Gasteiger charge is -2.39. The van der Waals surface area contributed by atoms with Crippen molar-refractivity contribution in [2.24, 2.45) is 0 Å². The van der Waals surface area contributed by atoms with Crippen molar-refractivity contribution in [2.75, 3.05) is 18.0 Å². The first-order chi connectivity index (χ1) is 11.5. The summed E-state index contributed by atoms with van der Waals surface area (Å²) in [6.45, 7) is 6.91. The van der Waals surface area contributed by atoms with E-state index < -0.39 is 6.04 Å². The van der Waals surface area contributed by atoms with E-state index in [0.29, 0.717) is 18.7 Å². The Morgan fingerprint density at radius 2 is 1.62 bits per heavy atom. The van der Waals surface area contributed by atoms with Crippen LogP contribution < -0.4 is 4.90 Å². The van der Waals surface area contributed by atoms with Crippen LogP contribution in [0.25, 0.3) is 0 Å². The molecule has 3 rings (SSSR count). The second-order valence-corrected chi connectivity index (χ2v) is 6.38. The molecule has 0 bridgehead atoms. The number of piperazine rings is 1. The van der Waals surface area contributed by atoms with Crippen LogP contribution in [-0.4, -0.2) is 35.8 Å². The first kappa shape index (κ1) is 16.2. The minimum atomic E-state index is -0.465. The zero-order valence-electron chi connectivity index (χ0n) is 14.3. The molecule has 1 atom stereocenters. The van der Waals surface area contributed by atoms with Crippen LogP contribution in [0, 0.1) is 13.8 Å².